The number of nitrogens with one attached hydrogen (secondary N) is 1. The van der Waals surface area contributed by atoms with E-state index >= 15 is 0 Å². The molecule has 3 heteroatoms. The molecule has 0 aliphatic carbocycles. The topological polar surface area (TPSA) is 42.1 Å². The summed E-state index contributed by atoms with van der Waals surface area (Å²) in [4.78, 5) is 14.7. The van der Waals surface area contributed by atoms with Crippen LogP contribution in [0.15, 0.2) is 30.5 Å². The molecule has 0 fully saturated rings. The second-order valence-electron chi connectivity index (χ2n) is 4.40. The van der Waals surface area contributed by atoms with Crippen LogP contribution in [-0.2, 0) is 16.0 Å². The molecule has 1 aromatic heterocycles. The summed E-state index contributed by atoms with van der Waals surface area (Å²) in [7, 11) is 0. The van der Waals surface area contributed by atoms with Crippen molar-refractivity contribution >= 4 is 16.9 Å². The third kappa shape index (κ3) is 2.87. The van der Waals surface area contributed by atoms with Crippen molar-refractivity contribution in [1.82, 2.24) is 4.98 Å². The zero-order valence-electron chi connectivity index (χ0n) is 10.2. The maximum Gasteiger partial charge on any atom is 0.306 e. The molecule has 0 radical (unpaired) electrons. The molecule has 0 aliphatic rings. The van der Waals surface area contributed by atoms with E-state index in [-0.39, 0.29) is 12.1 Å². The lowest BCUT2D eigenvalue weighted by Crippen LogP contribution is -2.11. The summed E-state index contributed by atoms with van der Waals surface area (Å²) >= 11 is 0. The summed E-state index contributed by atoms with van der Waals surface area (Å²) < 4.78 is 5.11. The number of esters is 1. The molecular weight excluding hydrogens is 214 g/mol. The van der Waals surface area contributed by atoms with Crippen molar-refractivity contribution in [3.63, 3.8) is 0 Å². The second kappa shape index (κ2) is 5.04. The lowest BCUT2D eigenvalue weighted by molar-refractivity contribution is -0.147. The average molecular weight is 231 g/mol. The number of H-pyrrole nitrogens is 1. The van der Waals surface area contributed by atoms with Crippen molar-refractivity contribution in [2.45, 2.75) is 32.8 Å². The van der Waals surface area contributed by atoms with E-state index in [9.17, 15) is 4.79 Å². The molecule has 1 heterocycles. The van der Waals surface area contributed by atoms with Crippen LogP contribution in [0.5, 0.6) is 0 Å². The largest absolute Gasteiger partial charge is 0.463 e. The molecule has 0 unspecified atom stereocenters. The van der Waals surface area contributed by atoms with E-state index in [0.29, 0.717) is 6.42 Å². The molecule has 0 atom stereocenters. The molecule has 0 spiro atoms. The van der Waals surface area contributed by atoms with Gasteiger partial charge in [0.1, 0.15) is 0 Å². The van der Waals surface area contributed by atoms with Crippen molar-refractivity contribution in [2.24, 2.45) is 0 Å². The highest BCUT2D eigenvalue weighted by molar-refractivity contribution is 5.83. The van der Waals surface area contributed by atoms with E-state index in [1.165, 1.54) is 10.9 Å². The lowest BCUT2D eigenvalue weighted by atomic mass is 10.1. The van der Waals surface area contributed by atoms with E-state index in [0.717, 1.165) is 11.9 Å². The van der Waals surface area contributed by atoms with E-state index < -0.39 is 0 Å². The summed E-state index contributed by atoms with van der Waals surface area (Å²) in [6, 6.07) is 8.10. The number of carbonyl (C=O) groups excluding carboxylic acids is 1. The number of carbonyl (C=O) groups is 1. The molecule has 3 nitrogen and oxygen atoms in total. The highest BCUT2D eigenvalue weighted by Gasteiger charge is 2.08. The van der Waals surface area contributed by atoms with Crippen LogP contribution >= 0.6 is 0 Å². The number of para-hydroxylation sites is 1. The Morgan fingerprint density at radius 3 is 2.88 bits per heavy atom. The Labute approximate surface area is 101 Å². The third-order valence-corrected chi connectivity index (χ3v) is 2.64. The number of rotatable bonds is 4. The molecule has 0 saturated carbocycles. The number of fused-ring (bicyclic) bond motifs is 1. The van der Waals surface area contributed by atoms with Crippen LogP contribution in [0, 0.1) is 0 Å². The summed E-state index contributed by atoms with van der Waals surface area (Å²) in [5.41, 5.74) is 2.28. The third-order valence-electron chi connectivity index (χ3n) is 2.64. The Bertz CT molecular complexity index is 514. The first-order chi connectivity index (χ1) is 8.16. The van der Waals surface area contributed by atoms with Crippen molar-refractivity contribution in [2.75, 3.05) is 0 Å². The van der Waals surface area contributed by atoms with E-state index in [1.54, 1.807) is 0 Å². The number of hydrogen-bond acceptors (Lipinski definition) is 2. The van der Waals surface area contributed by atoms with Gasteiger partial charge in [0.25, 0.3) is 0 Å². The first kappa shape index (κ1) is 11.7. The van der Waals surface area contributed by atoms with Gasteiger partial charge in [-0.2, -0.15) is 0 Å². The molecule has 2 aromatic rings. The zero-order chi connectivity index (χ0) is 12.3. The van der Waals surface area contributed by atoms with Gasteiger partial charge >= 0.3 is 5.97 Å². The Hall–Kier alpha value is -1.77. The lowest BCUT2D eigenvalue weighted by Gasteiger charge is -2.07. The minimum Gasteiger partial charge on any atom is -0.463 e. The number of aromatic amines is 1. The van der Waals surface area contributed by atoms with Gasteiger partial charge in [0.05, 0.1) is 6.10 Å². The predicted molar refractivity (Wildman–Crippen MR) is 67.8 cm³/mol. The van der Waals surface area contributed by atoms with E-state index in [1.807, 2.05) is 38.2 Å². The first-order valence-corrected chi connectivity index (χ1v) is 5.91. The summed E-state index contributed by atoms with van der Waals surface area (Å²) in [6.45, 7) is 3.73. The van der Waals surface area contributed by atoms with Crippen LogP contribution in [-0.4, -0.2) is 17.1 Å². The van der Waals surface area contributed by atoms with Gasteiger partial charge in [0.15, 0.2) is 0 Å². The van der Waals surface area contributed by atoms with Gasteiger partial charge in [-0.15, -0.1) is 0 Å². The molecule has 17 heavy (non-hydrogen) atoms. The van der Waals surface area contributed by atoms with Crippen molar-refractivity contribution in [3.05, 3.63) is 36.0 Å². The minimum absolute atomic E-state index is 0.0366. The highest BCUT2D eigenvalue weighted by Crippen LogP contribution is 2.19. The fourth-order valence-electron chi connectivity index (χ4n) is 1.90. The number of ether oxygens (including phenoxy) is 1. The average Bonchev–Trinajstić information content (AvgIpc) is 2.69. The van der Waals surface area contributed by atoms with E-state index in [4.69, 9.17) is 4.74 Å². The quantitative estimate of drug-likeness (QED) is 0.822. The summed E-state index contributed by atoms with van der Waals surface area (Å²) in [5.74, 6) is -0.134. The van der Waals surface area contributed by atoms with Gasteiger partial charge in [-0.05, 0) is 31.9 Å². The normalized spacial score (nSPS) is 11.0. The van der Waals surface area contributed by atoms with Crippen LogP contribution in [0.3, 0.4) is 0 Å². The SMILES string of the molecule is CC(C)OC(=O)CCc1c[nH]c2ccccc12. The number of benzene rings is 1. The molecule has 0 aliphatic heterocycles. The molecule has 1 aromatic carbocycles. The maximum absolute atomic E-state index is 11.5. The predicted octanol–water partition coefficient (Wildman–Crippen LogP) is 3.05. The van der Waals surface area contributed by atoms with Crippen LogP contribution in [0.25, 0.3) is 10.9 Å². The van der Waals surface area contributed by atoms with Crippen molar-refractivity contribution < 1.29 is 9.53 Å². The van der Waals surface area contributed by atoms with Gasteiger partial charge < -0.3 is 9.72 Å². The van der Waals surface area contributed by atoms with Gasteiger partial charge in [-0.1, -0.05) is 18.2 Å². The zero-order valence-corrected chi connectivity index (χ0v) is 10.2. The van der Waals surface area contributed by atoms with Crippen LogP contribution in [0.4, 0.5) is 0 Å². The van der Waals surface area contributed by atoms with E-state index in [2.05, 4.69) is 11.1 Å². The number of hydrogen-bond donors (Lipinski definition) is 1. The fraction of sp³-hybridized carbons (Fsp3) is 0.357. The minimum atomic E-state index is -0.134. The Morgan fingerprint density at radius 2 is 2.12 bits per heavy atom. The van der Waals surface area contributed by atoms with Crippen LogP contribution < -0.4 is 0 Å². The molecule has 2 rings (SSSR count). The van der Waals surface area contributed by atoms with Crippen molar-refractivity contribution in [1.29, 1.82) is 0 Å². The number of aryl methyl sites for hydroxylation is 1. The van der Waals surface area contributed by atoms with Crippen LogP contribution in [0.1, 0.15) is 25.8 Å². The van der Waals surface area contributed by atoms with Gasteiger partial charge in [0, 0.05) is 23.5 Å². The molecule has 0 bridgehead atoms. The highest BCUT2D eigenvalue weighted by atomic mass is 16.5. The maximum atomic E-state index is 11.5. The molecule has 0 saturated heterocycles. The van der Waals surface area contributed by atoms with Crippen molar-refractivity contribution in [3.8, 4) is 0 Å². The smallest absolute Gasteiger partial charge is 0.306 e. The van der Waals surface area contributed by atoms with Gasteiger partial charge in [-0.3, -0.25) is 4.79 Å². The summed E-state index contributed by atoms with van der Waals surface area (Å²) in [6.07, 6.45) is 3.08. The monoisotopic (exact) mass is 231 g/mol. The Kier molecular flexibility index (Phi) is 3.47. The molecular formula is C14H17NO2. The fourth-order valence-corrected chi connectivity index (χ4v) is 1.90. The van der Waals surface area contributed by atoms with Gasteiger partial charge in [-0.25, -0.2) is 0 Å². The molecule has 90 valence electrons. The molecule has 0 amide bonds. The first-order valence-electron chi connectivity index (χ1n) is 5.91. The Morgan fingerprint density at radius 1 is 1.35 bits per heavy atom. The Balaban J connectivity index is 2.02. The standard InChI is InChI=1S/C14H17NO2/c1-10(2)17-14(16)8-7-11-9-15-13-6-4-3-5-12(11)13/h3-6,9-10,15H,7-8H2,1-2H3. The summed E-state index contributed by atoms with van der Waals surface area (Å²) in [5, 5.41) is 1.19. The molecule has 1 N–H and O–H groups in total. The number of aromatic nitrogens is 1. The van der Waals surface area contributed by atoms with Crippen LogP contribution in [0.2, 0.25) is 0 Å². The van der Waals surface area contributed by atoms with Gasteiger partial charge in [0.2, 0.25) is 0 Å². The second-order valence-corrected chi connectivity index (χ2v) is 4.40.